The lowest BCUT2D eigenvalue weighted by Crippen LogP contribution is -2.50. The van der Waals surface area contributed by atoms with Crippen LogP contribution in [0.15, 0.2) is 0 Å². The Morgan fingerprint density at radius 3 is 2.67 bits per heavy atom. The molecule has 2 aliphatic rings. The van der Waals surface area contributed by atoms with Crippen molar-refractivity contribution >= 4 is 5.91 Å². The fraction of sp³-hybridized carbons (Fsp3) is 0.929. The fourth-order valence-corrected chi connectivity index (χ4v) is 3.24. The molecule has 0 aromatic rings. The van der Waals surface area contributed by atoms with Crippen LogP contribution in [0.5, 0.6) is 0 Å². The third-order valence-corrected chi connectivity index (χ3v) is 4.39. The summed E-state index contributed by atoms with van der Waals surface area (Å²) in [5.41, 5.74) is 5.54. The van der Waals surface area contributed by atoms with E-state index in [1.54, 1.807) is 0 Å². The molecule has 0 radical (unpaired) electrons. The van der Waals surface area contributed by atoms with E-state index in [0.717, 1.165) is 25.9 Å². The van der Waals surface area contributed by atoms with Crippen LogP contribution in [0.3, 0.4) is 0 Å². The van der Waals surface area contributed by atoms with Gasteiger partial charge in [-0.1, -0.05) is 6.92 Å². The van der Waals surface area contributed by atoms with Gasteiger partial charge in [0.15, 0.2) is 0 Å². The van der Waals surface area contributed by atoms with E-state index in [2.05, 4.69) is 9.80 Å². The number of carbonyl (C=O) groups is 1. The topological polar surface area (TPSA) is 49.6 Å². The molecule has 0 bridgehead atoms. The van der Waals surface area contributed by atoms with Gasteiger partial charge >= 0.3 is 0 Å². The number of amides is 1. The summed E-state index contributed by atoms with van der Waals surface area (Å²) in [7, 11) is 0. The Bertz CT molecular complexity index is 276. The van der Waals surface area contributed by atoms with Gasteiger partial charge in [-0.2, -0.15) is 0 Å². The summed E-state index contributed by atoms with van der Waals surface area (Å²) in [6.45, 7) is 6.95. The summed E-state index contributed by atoms with van der Waals surface area (Å²) in [4.78, 5) is 17.0. The highest BCUT2D eigenvalue weighted by atomic mass is 16.2. The summed E-state index contributed by atoms with van der Waals surface area (Å²) in [5, 5.41) is 0. The van der Waals surface area contributed by atoms with E-state index >= 15 is 0 Å². The molecule has 2 aliphatic heterocycles. The van der Waals surface area contributed by atoms with E-state index in [1.807, 2.05) is 6.92 Å². The Labute approximate surface area is 110 Å². The highest BCUT2D eigenvalue weighted by molar-refractivity contribution is 5.78. The summed E-state index contributed by atoms with van der Waals surface area (Å²) < 4.78 is 0. The molecule has 4 nitrogen and oxygen atoms in total. The van der Waals surface area contributed by atoms with Crippen molar-refractivity contribution in [2.75, 3.05) is 32.7 Å². The zero-order valence-corrected chi connectivity index (χ0v) is 11.6. The van der Waals surface area contributed by atoms with Crippen molar-refractivity contribution in [3.05, 3.63) is 0 Å². The van der Waals surface area contributed by atoms with E-state index in [-0.39, 0.29) is 5.92 Å². The molecule has 2 unspecified atom stereocenters. The SMILES string of the molecule is CC(CCN)C(=O)N1CCCC(N2CCCC2)C1. The molecule has 0 aliphatic carbocycles. The summed E-state index contributed by atoms with van der Waals surface area (Å²) in [6.07, 6.45) is 5.88. The molecular weight excluding hydrogens is 226 g/mol. The Kier molecular flexibility index (Phi) is 5.01. The van der Waals surface area contributed by atoms with Crippen molar-refractivity contribution in [1.29, 1.82) is 0 Å². The van der Waals surface area contributed by atoms with Gasteiger partial charge in [0.25, 0.3) is 0 Å². The average molecular weight is 253 g/mol. The number of hydrogen-bond donors (Lipinski definition) is 1. The van der Waals surface area contributed by atoms with Gasteiger partial charge in [-0.3, -0.25) is 9.69 Å². The zero-order valence-electron chi connectivity index (χ0n) is 11.6. The largest absolute Gasteiger partial charge is 0.341 e. The second-order valence-corrected chi connectivity index (χ2v) is 5.80. The molecule has 0 aromatic heterocycles. The van der Waals surface area contributed by atoms with Crippen molar-refractivity contribution < 1.29 is 4.79 Å². The minimum absolute atomic E-state index is 0.0901. The number of hydrogen-bond acceptors (Lipinski definition) is 3. The van der Waals surface area contributed by atoms with Gasteiger partial charge in [0.1, 0.15) is 0 Å². The predicted molar refractivity (Wildman–Crippen MR) is 73.2 cm³/mol. The van der Waals surface area contributed by atoms with E-state index in [4.69, 9.17) is 5.73 Å². The molecule has 4 heteroatoms. The molecule has 1 amide bonds. The van der Waals surface area contributed by atoms with Crippen LogP contribution >= 0.6 is 0 Å². The van der Waals surface area contributed by atoms with Gasteiger partial charge in [-0.25, -0.2) is 0 Å². The van der Waals surface area contributed by atoms with Crippen LogP contribution in [0.4, 0.5) is 0 Å². The molecule has 2 fully saturated rings. The third kappa shape index (κ3) is 3.23. The van der Waals surface area contributed by atoms with Crippen molar-refractivity contribution in [2.45, 2.75) is 45.1 Å². The number of nitrogens with zero attached hydrogens (tertiary/aromatic N) is 2. The van der Waals surface area contributed by atoms with Crippen LogP contribution in [-0.4, -0.2) is 54.5 Å². The molecular formula is C14H27N3O. The molecule has 0 saturated carbocycles. The summed E-state index contributed by atoms with van der Waals surface area (Å²) in [5.74, 6) is 0.400. The lowest BCUT2D eigenvalue weighted by atomic mass is 10.0. The average Bonchev–Trinajstić information content (AvgIpc) is 2.92. The Hall–Kier alpha value is -0.610. The maximum atomic E-state index is 12.3. The second-order valence-electron chi connectivity index (χ2n) is 5.80. The minimum Gasteiger partial charge on any atom is -0.341 e. The maximum Gasteiger partial charge on any atom is 0.225 e. The minimum atomic E-state index is 0.0901. The Morgan fingerprint density at radius 2 is 2.00 bits per heavy atom. The summed E-state index contributed by atoms with van der Waals surface area (Å²) >= 11 is 0. The van der Waals surface area contributed by atoms with E-state index in [9.17, 15) is 4.79 Å². The highest BCUT2D eigenvalue weighted by Gasteiger charge is 2.30. The molecule has 2 N–H and O–H groups in total. The number of likely N-dealkylation sites (tertiary alicyclic amines) is 2. The van der Waals surface area contributed by atoms with Gasteiger partial charge in [0, 0.05) is 25.0 Å². The zero-order chi connectivity index (χ0) is 13.0. The number of rotatable bonds is 4. The van der Waals surface area contributed by atoms with E-state index in [1.165, 1.54) is 32.4 Å². The third-order valence-electron chi connectivity index (χ3n) is 4.39. The fourth-order valence-electron chi connectivity index (χ4n) is 3.24. The molecule has 2 saturated heterocycles. The molecule has 0 spiro atoms. The lowest BCUT2D eigenvalue weighted by Gasteiger charge is -2.38. The molecule has 104 valence electrons. The molecule has 2 heterocycles. The first-order valence-corrected chi connectivity index (χ1v) is 7.45. The lowest BCUT2D eigenvalue weighted by molar-refractivity contribution is -0.137. The Morgan fingerprint density at radius 1 is 1.28 bits per heavy atom. The second kappa shape index (κ2) is 6.53. The normalized spacial score (nSPS) is 27.4. The van der Waals surface area contributed by atoms with Crippen molar-refractivity contribution in [1.82, 2.24) is 9.80 Å². The van der Waals surface area contributed by atoms with Crippen LogP contribution in [0.1, 0.15) is 39.0 Å². The monoisotopic (exact) mass is 253 g/mol. The van der Waals surface area contributed by atoms with Gasteiger partial charge in [0.2, 0.25) is 5.91 Å². The molecule has 18 heavy (non-hydrogen) atoms. The Balaban J connectivity index is 1.87. The van der Waals surface area contributed by atoms with Crippen LogP contribution in [0.2, 0.25) is 0 Å². The van der Waals surface area contributed by atoms with Crippen molar-refractivity contribution in [3.63, 3.8) is 0 Å². The smallest absolute Gasteiger partial charge is 0.225 e. The van der Waals surface area contributed by atoms with Gasteiger partial charge in [-0.15, -0.1) is 0 Å². The predicted octanol–water partition coefficient (Wildman–Crippen LogP) is 1.06. The summed E-state index contributed by atoms with van der Waals surface area (Å²) in [6, 6.07) is 0.607. The van der Waals surface area contributed by atoms with E-state index in [0.29, 0.717) is 18.5 Å². The van der Waals surface area contributed by atoms with E-state index < -0.39 is 0 Å². The van der Waals surface area contributed by atoms with Gasteiger partial charge in [-0.05, 0) is 51.7 Å². The molecule has 2 rings (SSSR count). The van der Waals surface area contributed by atoms with Crippen molar-refractivity contribution in [2.24, 2.45) is 11.7 Å². The standard InChI is InChI=1S/C14H27N3O/c1-12(6-7-15)14(18)17-10-4-5-13(11-17)16-8-2-3-9-16/h12-13H,2-11,15H2,1H3. The number of carbonyl (C=O) groups excluding carboxylic acids is 1. The van der Waals surface area contributed by atoms with Crippen LogP contribution < -0.4 is 5.73 Å². The van der Waals surface area contributed by atoms with Gasteiger partial charge in [0.05, 0.1) is 0 Å². The quantitative estimate of drug-likeness (QED) is 0.815. The number of piperidine rings is 1. The maximum absolute atomic E-state index is 12.3. The number of nitrogens with two attached hydrogens (primary N) is 1. The first-order valence-electron chi connectivity index (χ1n) is 7.45. The first-order chi connectivity index (χ1) is 8.72. The molecule has 2 atom stereocenters. The van der Waals surface area contributed by atoms with Crippen LogP contribution in [-0.2, 0) is 4.79 Å². The van der Waals surface area contributed by atoms with Gasteiger partial charge < -0.3 is 10.6 Å². The van der Waals surface area contributed by atoms with Crippen molar-refractivity contribution in [3.8, 4) is 0 Å². The highest BCUT2D eigenvalue weighted by Crippen LogP contribution is 2.21. The van der Waals surface area contributed by atoms with Crippen LogP contribution in [0.25, 0.3) is 0 Å². The van der Waals surface area contributed by atoms with Crippen LogP contribution in [0, 0.1) is 5.92 Å². The molecule has 0 aromatic carbocycles. The first kappa shape index (κ1) is 13.8.